The summed E-state index contributed by atoms with van der Waals surface area (Å²) in [4.78, 5) is 12.4. The summed E-state index contributed by atoms with van der Waals surface area (Å²) in [7, 11) is 0. The van der Waals surface area contributed by atoms with Crippen LogP contribution in [-0.4, -0.2) is 23.3 Å². The van der Waals surface area contributed by atoms with Gasteiger partial charge in [0.25, 0.3) is 0 Å². The quantitative estimate of drug-likeness (QED) is 0.883. The van der Waals surface area contributed by atoms with E-state index in [0.29, 0.717) is 0 Å². The molecule has 2 rings (SSSR count). The van der Waals surface area contributed by atoms with Crippen molar-refractivity contribution in [2.24, 2.45) is 0 Å². The Balaban J connectivity index is 2.03. The van der Waals surface area contributed by atoms with Crippen LogP contribution in [0.5, 0.6) is 0 Å². The summed E-state index contributed by atoms with van der Waals surface area (Å²) in [5, 5.41) is 3.26. The normalized spacial score (nSPS) is 22.8. The number of rotatable bonds is 5. The first kappa shape index (κ1) is 13.2. The number of carbonyl (C=O) groups is 1. The summed E-state index contributed by atoms with van der Waals surface area (Å²) >= 11 is 1.78. The molecule has 18 heavy (non-hydrogen) atoms. The van der Waals surface area contributed by atoms with Crippen LogP contribution < -0.4 is 5.32 Å². The number of carbonyl (C=O) groups excluding carboxylic acids is 1. The van der Waals surface area contributed by atoms with E-state index in [1.807, 2.05) is 31.3 Å². The second kappa shape index (κ2) is 5.61. The molecular weight excluding hydrogens is 242 g/mol. The Hall–Kier alpha value is -1.22. The van der Waals surface area contributed by atoms with Crippen molar-refractivity contribution in [3.8, 4) is 0 Å². The van der Waals surface area contributed by atoms with Crippen LogP contribution >= 0.6 is 11.8 Å². The fraction of sp³-hybridized carbons (Fsp3) is 0.400. The molecule has 0 saturated carbocycles. The Morgan fingerprint density at radius 1 is 1.28 bits per heavy atom. The van der Waals surface area contributed by atoms with E-state index in [2.05, 4.69) is 23.7 Å². The average Bonchev–Trinajstić information content (AvgIpc) is 2.67. The standard InChI is InChI=1S/C15H19NOS/c1-15(8-9-18-2)14(17)13(11-16-15)10-12-6-4-3-5-7-12/h3-7,11,16H,8-10H2,1-2H3. The summed E-state index contributed by atoms with van der Waals surface area (Å²) < 4.78 is 0. The van der Waals surface area contributed by atoms with Gasteiger partial charge in [-0.25, -0.2) is 0 Å². The lowest BCUT2D eigenvalue weighted by Gasteiger charge is -2.23. The second-order valence-corrected chi connectivity index (χ2v) is 5.87. The Morgan fingerprint density at radius 2 is 2.00 bits per heavy atom. The third kappa shape index (κ3) is 2.78. The minimum absolute atomic E-state index is 0.250. The zero-order valence-corrected chi connectivity index (χ0v) is 11.7. The predicted octanol–water partition coefficient (Wildman–Crippen LogP) is 2.80. The fourth-order valence-electron chi connectivity index (χ4n) is 2.17. The molecule has 0 spiro atoms. The second-order valence-electron chi connectivity index (χ2n) is 4.88. The van der Waals surface area contributed by atoms with Gasteiger partial charge in [-0.2, -0.15) is 11.8 Å². The average molecular weight is 261 g/mol. The van der Waals surface area contributed by atoms with Crippen LogP contribution in [0.1, 0.15) is 18.9 Å². The molecule has 96 valence electrons. The molecule has 0 radical (unpaired) electrons. The first-order valence-electron chi connectivity index (χ1n) is 6.20. The van der Waals surface area contributed by atoms with E-state index in [1.54, 1.807) is 11.8 Å². The Kier molecular flexibility index (Phi) is 4.12. The highest BCUT2D eigenvalue weighted by Crippen LogP contribution is 2.25. The smallest absolute Gasteiger partial charge is 0.185 e. The maximum Gasteiger partial charge on any atom is 0.185 e. The largest absolute Gasteiger partial charge is 0.378 e. The SMILES string of the molecule is CSCCC1(C)NC=C(Cc2ccccc2)C1=O. The molecular formula is C15H19NOS. The third-order valence-corrected chi connectivity index (χ3v) is 4.01. The minimum Gasteiger partial charge on any atom is -0.378 e. The van der Waals surface area contributed by atoms with Crippen LogP contribution in [0.4, 0.5) is 0 Å². The van der Waals surface area contributed by atoms with Crippen molar-refractivity contribution in [1.29, 1.82) is 0 Å². The number of Topliss-reactive ketones (excluding diaryl/α,β-unsaturated/α-hetero) is 1. The van der Waals surface area contributed by atoms with Gasteiger partial charge in [-0.1, -0.05) is 30.3 Å². The Labute approximate surface area is 113 Å². The van der Waals surface area contributed by atoms with E-state index < -0.39 is 5.54 Å². The van der Waals surface area contributed by atoms with Crippen molar-refractivity contribution in [2.45, 2.75) is 25.3 Å². The number of hydrogen-bond acceptors (Lipinski definition) is 3. The molecule has 1 aliphatic heterocycles. The number of thioether (sulfide) groups is 1. The lowest BCUT2D eigenvalue weighted by Crippen LogP contribution is -2.43. The predicted molar refractivity (Wildman–Crippen MR) is 77.8 cm³/mol. The monoisotopic (exact) mass is 261 g/mol. The van der Waals surface area contributed by atoms with E-state index in [4.69, 9.17) is 0 Å². The molecule has 1 atom stereocenters. The summed E-state index contributed by atoms with van der Waals surface area (Å²) in [5.74, 6) is 1.25. The zero-order chi connectivity index (χ0) is 13.0. The molecule has 0 fully saturated rings. The van der Waals surface area contributed by atoms with Gasteiger partial charge in [0, 0.05) is 18.2 Å². The van der Waals surface area contributed by atoms with Crippen molar-refractivity contribution in [3.05, 3.63) is 47.7 Å². The first-order chi connectivity index (χ1) is 8.65. The van der Waals surface area contributed by atoms with Crippen molar-refractivity contribution in [3.63, 3.8) is 0 Å². The number of benzene rings is 1. The molecule has 1 heterocycles. The third-order valence-electron chi connectivity index (χ3n) is 3.40. The van der Waals surface area contributed by atoms with Gasteiger partial charge < -0.3 is 5.32 Å². The van der Waals surface area contributed by atoms with Crippen LogP contribution in [-0.2, 0) is 11.2 Å². The highest BCUT2D eigenvalue weighted by molar-refractivity contribution is 7.98. The molecule has 3 heteroatoms. The van der Waals surface area contributed by atoms with Gasteiger partial charge in [0.2, 0.25) is 0 Å². The van der Waals surface area contributed by atoms with Crippen LogP contribution in [0.2, 0.25) is 0 Å². The van der Waals surface area contributed by atoms with E-state index >= 15 is 0 Å². The topological polar surface area (TPSA) is 29.1 Å². The molecule has 1 aromatic rings. The van der Waals surface area contributed by atoms with Crippen molar-refractivity contribution >= 4 is 17.5 Å². The summed E-state index contributed by atoms with van der Waals surface area (Å²) in [6.45, 7) is 2.00. The molecule has 0 aromatic heterocycles. The number of ketones is 1. The molecule has 0 bridgehead atoms. The fourth-order valence-corrected chi connectivity index (χ4v) is 2.78. The molecule has 1 unspecified atom stereocenters. The van der Waals surface area contributed by atoms with Crippen molar-refractivity contribution in [1.82, 2.24) is 5.32 Å². The van der Waals surface area contributed by atoms with Crippen molar-refractivity contribution in [2.75, 3.05) is 12.0 Å². The molecule has 0 aliphatic carbocycles. The van der Waals surface area contributed by atoms with Gasteiger partial charge in [0.15, 0.2) is 5.78 Å². The zero-order valence-electron chi connectivity index (χ0n) is 10.9. The molecule has 0 amide bonds. The van der Waals surface area contributed by atoms with E-state index in [9.17, 15) is 4.79 Å². The maximum absolute atomic E-state index is 12.4. The van der Waals surface area contributed by atoms with Gasteiger partial charge in [-0.3, -0.25) is 4.79 Å². The summed E-state index contributed by atoms with van der Waals surface area (Å²) in [5.41, 5.74) is 1.69. The Bertz CT molecular complexity index is 455. The molecule has 1 N–H and O–H groups in total. The first-order valence-corrected chi connectivity index (χ1v) is 7.59. The van der Waals surface area contributed by atoms with Crippen LogP contribution in [0.15, 0.2) is 42.1 Å². The minimum atomic E-state index is -0.396. The molecule has 1 aromatic carbocycles. The summed E-state index contributed by atoms with van der Waals surface area (Å²) in [6.07, 6.45) is 5.57. The summed E-state index contributed by atoms with van der Waals surface area (Å²) in [6, 6.07) is 10.1. The van der Waals surface area contributed by atoms with Crippen LogP contribution in [0, 0.1) is 0 Å². The molecule has 1 aliphatic rings. The van der Waals surface area contributed by atoms with Gasteiger partial charge in [-0.05, 0) is 30.9 Å². The van der Waals surface area contributed by atoms with Crippen LogP contribution in [0.25, 0.3) is 0 Å². The maximum atomic E-state index is 12.4. The van der Waals surface area contributed by atoms with Crippen LogP contribution in [0.3, 0.4) is 0 Å². The highest BCUT2D eigenvalue weighted by Gasteiger charge is 2.37. The van der Waals surface area contributed by atoms with Gasteiger partial charge >= 0.3 is 0 Å². The van der Waals surface area contributed by atoms with E-state index in [-0.39, 0.29) is 5.78 Å². The molecule has 2 nitrogen and oxygen atoms in total. The van der Waals surface area contributed by atoms with Gasteiger partial charge in [-0.15, -0.1) is 0 Å². The highest BCUT2D eigenvalue weighted by atomic mass is 32.2. The van der Waals surface area contributed by atoms with Crippen molar-refractivity contribution < 1.29 is 4.79 Å². The van der Waals surface area contributed by atoms with Gasteiger partial charge in [0.1, 0.15) is 0 Å². The van der Waals surface area contributed by atoms with Gasteiger partial charge in [0.05, 0.1) is 5.54 Å². The lowest BCUT2D eigenvalue weighted by molar-refractivity contribution is -0.119. The number of hydrogen-bond donors (Lipinski definition) is 1. The lowest BCUT2D eigenvalue weighted by atomic mass is 9.90. The Morgan fingerprint density at radius 3 is 2.67 bits per heavy atom. The van der Waals surface area contributed by atoms with E-state index in [0.717, 1.165) is 24.2 Å². The number of nitrogens with one attached hydrogen (secondary N) is 1. The molecule has 0 saturated heterocycles. The van der Waals surface area contributed by atoms with E-state index in [1.165, 1.54) is 5.56 Å².